The molecular weight excluding hydrogens is 340 g/mol. The first kappa shape index (κ1) is 19.7. The van der Waals surface area contributed by atoms with Gasteiger partial charge in [-0.2, -0.15) is 0 Å². The van der Waals surface area contributed by atoms with Crippen LogP contribution in [0, 0.1) is 0 Å². The molecule has 25 heavy (non-hydrogen) atoms. The van der Waals surface area contributed by atoms with Crippen molar-refractivity contribution < 1.29 is 13.2 Å². The summed E-state index contributed by atoms with van der Waals surface area (Å²) in [4.78, 5) is 18.8. The number of rotatable bonds is 7. The third-order valence-corrected chi connectivity index (χ3v) is 5.34. The summed E-state index contributed by atoms with van der Waals surface area (Å²) in [5.74, 6) is 0.513. The standard InChI is InChI=1S/C17H28N4O3S/c1-13(20-25(3,23)24)17(22)19-12-14-8-7-11-18-16(14)21(2)15-9-5-4-6-10-15/h7-8,11,13,15,20H,4-6,9-10,12H2,1-3H3,(H,19,22)/t13-/m1/s1. The first-order chi connectivity index (χ1) is 11.8. The Morgan fingerprint density at radius 2 is 2.04 bits per heavy atom. The fourth-order valence-electron chi connectivity index (χ4n) is 3.24. The number of sulfonamides is 1. The van der Waals surface area contributed by atoms with Crippen LogP contribution in [0.25, 0.3) is 0 Å². The molecule has 2 N–H and O–H groups in total. The Morgan fingerprint density at radius 1 is 1.36 bits per heavy atom. The van der Waals surface area contributed by atoms with Crippen molar-refractivity contribution in [1.29, 1.82) is 0 Å². The number of anilines is 1. The normalized spacial score (nSPS) is 17.1. The summed E-state index contributed by atoms with van der Waals surface area (Å²) in [5, 5.41) is 2.79. The zero-order valence-corrected chi connectivity index (χ0v) is 16.0. The molecule has 0 aliphatic heterocycles. The molecule has 1 aliphatic rings. The summed E-state index contributed by atoms with van der Waals surface area (Å²) in [6.07, 6.45) is 8.89. The first-order valence-corrected chi connectivity index (χ1v) is 10.6. The molecule has 0 bridgehead atoms. The van der Waals surface area contributed by atoms with Crippen LogP contribution in [0.1, 0.15) is 44.6 Å². The Morgan fingerprint density at radius 3 is 2.68 bits per heavy atom. The molecule has 8 heteroatoms. The van der Waals surface area contributed by atoms with Gasteiger partial charge in [-0.15, -0.1) is 0 Å². The molecule has 1 atom stereocenters. The maximum atomic E-state index is 12.1. The molecule has 1 saturated carbocycles. The van der Waals surface area contributed by atoms with Gasteiger partial charge in [0, 0.05) is 31.4 Å². The van der Waals surface area contributed by atoms with Gasteiger partial charge in [0.25, 0.3) is 0 Å². The molecule has 1 amide bonds. The third-order valence-electron chi connectivity index (χ3n) is 4.56. The predicted octanol–water partition coefficient (Wildman–Crippen LogP) is 1.40. The highest BCUT2D eigenvalue weighted by atomic mass is 32.2. The van der Waals surface area contributed by atoms with E-state index in [2.05, 4.69) is 27.0 Å². The zero-order chi connectivity index (χ0) is 18.4. The molecule has 1 aromatic rings. The average Bonchev–Trinajstić information content (AvgIpc) is 2.58. The molecule has 0 saturated heterocycles. The number of hydrogen-bond donors (Lipinski definition) is 2. The summed E-state index contributed by atoms with van der Waals surface area (Å²) in [5.41, 5.74) is 0.926. The number of pyridine rings is 1. The van der Waals surface area contributed by atoms with Gasteiger partial charge in [-0.05, 0) is 25.8 Å². The molecule has 1 aromatic heterocycles. The van der Waals surface area contributed by atoms with Crippen LogP contribution in [-0.2, 0) is 21.4 Å². The topological polar surface area (TPSA) is 91.4 Å². The minimum Gasteiger partial charge on any atom is -0.356 e. The van der Waals surface area contributed by atoms with E-state index in [-0.39, 0.29) is 5.91 Å². The minimum atomic E-state index is -3.42. The number of carbonyl (C=O) groups is 1. The maximum absolute atomic E-state index is 12.1. The van der Waals surface area contributed by atoms with E-state index in [1.165, 1.54) is 26.2 Å². The lowest BCUT2D eigenvalue weighted by atomic mass is 9.94. The largest absolute Gasteiger partial charge is 0.356 e. The number of aromatic nitrogens is 1. The molecule has 7 nitrogen and oxygen atoms in total. The Bertz CT molecular complexity index is 687. The van der Waals surface area contributed by atoms with Gasteiger partial charge in [-0.1, -0.05) is 25.3 Å². The molecule has 140 valence electrons. The Hall–Kier alpha value is -1.67. The molecular formula is C17H28N4O3S. The summed E-state index contributed by atoms with van der Waals surface area (Å²) in [6, 6.07) is 3.45. The second-order valence-corrected chi connectivity index (χ2v) is 8.50. The monoisotopic (exact) mass is 368 g/mol. The molecule has 0 radical (unpaired) electrons. The number of amides is 1. The molecule has 2 rings (SSSR count). The number of hydrogen-bond acceptors (Lipinski definition) is 5. The van der Waals surface area contributed by atoms with Crippen LogP contribution in [0.2, 0.25) is 0 Å². The third kappa shape index (κ3) is 5.97. The van der Waals surface area contributed by atoms with E-state index < -0.39 is 16.1 Å². The fourth-order valence-corrected chi connectivity index (χ4v) is 3.99. The van der Waals surface area contributed by atoms with Crippen LogP contribution >= 0.6 is 0 Å². The molecule has 1 fully saturated rings. The number of nitrogens with zero attached hydrogens (tertiary/aromatic N) is 2. The fraction of sp³-hybridized carbons (Fsp3) is 0.647. The van der Waals surface area contributed by atoms with Crippen molar-refractivity contribution in [2.45, 2.75) is 57.7 Å². The van der Waals surface area contributed by atoms with Gasteiger partial charge < -0.3 is 10.2 Å². The Balaban J connectivity index is 2.01. The lowest BCUT2D eigenvalue weighted by Crippen LogP contribution is -2.44. The highest BCUT2D eigenvalue weighted by molar-refractivity contribution is 7.88. The summed E-state index contributed by atoms with van der Waals surface area (Å²) in [6.45, 7) is 1.84. The average molecular weight is 369 g/mol. The summed E-state index contributed by atoms with van der Waals surface area (Å²) in [7, 11) is -1.37. The van der Waals surface area contributed by atoms with Crippen LogP contribution in [-0.4, -0.2) is 44.7 Å². The highest BCUT2D eigenvalue weighted by Crippen LogP contribution is 2.26. The van der Waals surface area contributed by atoms with Gasteiger partial charge in [0.1, 0.15) is 5.82 Å². The van der Waals surface area contributed by atoms with Gasteiger partial charge in [-0.3, -0.25) is 4.79 Å². The lowest BCUT2D eigenvalue weighted by Gasteiger charge is -2.33. The molecule has 1 aliphatic carbocycles. The van der Waals surface area contributed by atoms with Gasteiger partial charge in [0.2, 0.25) is 15.9 Å². The molecule has 0 aromatic carbocycles. The van der Waals surface area contributed by atoms with Crippen LogP contribution in [0.4, 0.5) is 5.82 Å². The SMILES string of the molecule is C[C@@H](NS(C)(=O)=O)C(=O)NCc1cccnc1N(C)C1CCCCC1. The predicted molar refractivity (Wildman–Crippen MR) is 98.8 cm³/mol. The lowest BCUT2D eigenvalue weighted by molar-refractivity contribution is -0.122. The van der Waals surface area contributed by atoms with Crippen molar-refractivity contribution in [1.82, 2.24) is 15.0 Å². The van der Waals surface area contributed by atoms with Crippen LogP contribution < -0.4 is 14.9 Å². The summed E-state index contributed by atoms with van der Waals surface area (Å²) < 4.78 is 24.7. The van der Waals surface area contributed by atoms with Gasteiger partial charge in [0.05, 0.1) is 12.3 Å². The zero-order valence-electron chi connectivity index (χ0n) is 15.2. The van der Waals surface area contributed by atoms with E-state index in [9.17, 15) is 13.2 Å². The van der Waals surface area contributed by atoms with E-state index in [0.717, 1.165) is 30.5 Å². The quantitative estimate of drug-likeness (QED) is 0.759. The van der Waals surface area contributed by atoms with E-state index >= 15 is 0 Å². The highest BCUT2D eigenvalue weighted by Gasteiger charge is 2.22. The number of nitrogens with one attached hydrogen (secondary N) is 2. The van der Waals surface area contributed by atoms with Crippen molar-refractivity contribution in [2.75, 3.05) is 18.2 Å². The molecule has 1 heterocycles. The summed E-state index contributed by atoms with van der Waals surface area (Å²) >= 11 is 0. The van der Waals surface area contributed by atoms with E-state index in [1.54, 1.807) is 6.20 Å². The van der Waals surface area contributed by atoms with Crippen LogP contribution in [0.15, 0.2) is 18.3 Å². The van der Waals surface area contributed by atoms with Crippen LogP contribution in [0.5, 0.6) is 0 Å². The Kier molecular flexibility index (Phi) is 6.78. The minimum absolute atomic E-state index is 0.314. The van der Waals surface area contributed by atoms with Crippen LogP contribution in [0.3, 0.4) is 0 Å². The van der Waals surface area contributed by atoms with Crippen molar-refractivity contribution in [2.24, 2.45) is 0 Å². The van der Waals surface area contributed by atoms with Crippen molar-refractivity contribution >= 4 is 21.7 Å². The smallest absolute Gasteiger partial charge is 0.238 e. The van der Waals surface area contributed by atoms with Gasteiger partial charge in [0.15, 0.2) is 0 Å². The second-order valence-electron chi connectivity index (χ2n) is 6.72. The second kappa shape index (κ2) is 8.62. The maximum Gasteiger partial charge on any atom is 0.238 e. The van der Waals surface area contributed by atoms with E-state index in [0.29, 0.717) is 12.6 Å². The first-order valence-electron chi connectivity index (χ1n) is 8.69. The van der Waals surface area contributed by atoms with Crippen molar-refractivity contribution in [3.63, 3.8) is 0 Å². The van der Waals surface area contributed by atoms with Gasteiger partial charge >= 0.3 is 0 Å². The van der Waals surface area contributed by atoms with Crippen molar-refractivity contribution in [3.05, 3.63) is 23.9 Å². The van der Waals surface area contributed by atoms with E-state index in [1.807, 2.05) is 12.1 Å². The van der Waals surface area contributed by atoms with Crippen molar-refractivity contribution in [3.8, 4) is 0 Å². The molecule has 0 unspecified atom stereocenters. The Labute approximate surface area is 150 Å². The van der Waals surface area contributed by atoms with E-state index in [4.69, 9.17) is 0 Å². The van der Waals surface area contributed by atoms with Gasteiger partial charge in [-0.25, -0.2) is 18.1 Å². The number of carbonyl (C=O) groups excluding carboxylic acids is 1. The molecule has 0 spiro atoms.